The molecule has 1 atom stereocenters. The Labute approximate surface area is 122 Å². The van der Waals surface area contributed by atoms with Crippen LogP contribution >= 0.6 is 0 Å². The summed E-state index contributed by atoms with van der Waals surface area (Å²) < 4.78 is 5.35. The second-order valence-electron chi connectivity index (χ2n) is 4.69. The fourth-order valence-electron chi connectivity index (χ4n) is 2.16. The van der Waals surface area contributed by atoms with E-state index >= 15 is 0 Å². The Hall–Kier alpha value is -2.68. The summed E-state index contributed by atoms with van der Waals surface area (Å²) in [6.45, 7) is 0.752. The van der Waals surface area contributed by atoms with Crippen molar-refractivity contribution < 1.29 is 19.4 Å². The van der Waals surface area contributed by atoms with Crippen LogP contribution in [0.5, 0.6) is 5.75 Å². The van der Waals surface area contributed by atoms with E-state index in [1.807, 2.05) is 0 Å². The quantitative estimate of drug-likeness (QED) is 0.825. The van der Waals surface area contributed by atoms with Gasteiger partial charge in [-0.3, -0.25) is 4.79 Å². The van der Waals surface area contributed by atoms with Gasteiger partial charge in [0.05, 0.1) is 11.6 Å². The van der Waals surface area contributed by atoms with Crippen molar-refractivity contribution in [2.75, 3.05) is 25.0 Å². The van der Waals surface area contributed by atoms with Crippen molar-refractivity contribution in [3.05, 3.63) is 24.3 Å². The van der Waals surface area contributed by atoms with Crippen molar-refractivity contribution >= 4 is 17.7 Å². The highest BCUT2D eigenvalue weighted by atomic mass is 16.5. The molecule has 6 heteroatoms. The number of nitrogens with one attached hydrogen (secondary N) is 1. The number of terminal acetylenes is 1. The molecule has 0 radical (unpaired) electrons. The summed E-state index contributed by atoms with van der Waals surface area (Å²) in [7, 11) is 0. The van der Waals surface area contributed by atoms with Gasteiger partial charge in [-0.15, -0.1) is 6.42 Å². The third kappa shape index (κ3) is 3.66. The Morgan fingerprint density at radius 3 is 2.90 bits per heavy atom. The van der Waals surface area contributed by atoms with E-state index in [1.165, 1.54) is 4.90 Å². The van der Waals surface area contributed by atoms with Crippen molar-refractivity contribution in [3.63, 3.8) is 0 Å². The van der Waals surface area contributed by atoms with Gasteiger partial charge in [-0.2, -0.15) is 0 Å². The molecule has 1 unspecified atom stereocenters. The molecule has 0 aromatic heterocycles. The second-order valence-corrected chi connectivity index (χ2v) is 4.69. The molecule has 1 aliphatic rings. The lowest BCUT2D eigenvalue weighted by Crippen LogP contribution is -2.33. The van der Waals surface area contributed by atoms with Gasteiger partial charge in [0.25, 0.3) is 0 Å². The molecule has 1 fully saturated rings. The maximum Gasteiger partial charge on any atom is 0.321 e. The number of hydrogen-bond donors (Lipinski definition) is 2. The summed E-state index contributed by atoms with van der Waals surface area (Å²) in [5.41, 5.74) is 0.511. The number of nitrogens with zero attached hydrogens (tertiary/aromatic N) is 1. The number of rotatable bonds is 4. The topological polar surface area (TPSA) is 78.9 Å². The Morgan fingerprint density at radius 1 is 1.48 bits per heavy atom. The van der Waals surface area contributed by atoms with Crippen LogP contribution in [-0.4, -0.2) is 41.7 Å². The fourth-order valence-corrected chi connectivity index (χ4v) is 2.16. The molecule has 21 heavy (non-hydrogen) atoms. The lowest BCUT2D eigenvalue weighted by atomic mass is 10.1. The van der Waals surface area contributed by atoms with Crippen molar-refractivity contribution in [3.8, 4) is 18.1 Å². The number of aliphatic carboxylic acids is 1. The minimum atomic E-state index is -0.872. The molecule has 1 aromatic carbocycles. The monoisotopic (exact) mass is 288 g/mol. The number of carbonyl (C=O) groups is 2. The van der Waals surface area contributed by atoms with Gasteiger partial charge in [0.1, 0.15) is 12.4 Å². The number of urea groups is 1. The van der Waals surface area contributed by atoms with E-state index in [0.29, 0.717) is 24.4 Å². The second kappa shape index (κ2) is 6.66. The van der Waals surface area contributed by atoms with Crippen LogP contribution in [0.15, 0.2) is 24.3 Å². The number of carboxylic acid groups (broad SMARTS) is 1. The Kier molecular flexibility index (Phi) is 4.67. The van der Waals surface area contributed by atoms with Gasteiger partial charge in [0.2, 0.25) is 0 Å². The summed E-state index contributed by atoms with van der Waals surface area (Å²) >= 11 is 0. The molecule has 1 saturated heterocycles. The molecule has 1 aromatic rings. The van der Waals surface area contributed by atoms with E-state index in [-0.39, 0.29) is 19.2 Å². The molecule has 1 heterocycles. The minimum Gasteiger partial charge on any atom is -0.481 e. The van der Waals surface area contributed by atoms with Crippen LogP contribution in [0.2, 0.25) is 0 Å². The SMILES string of the molecule is C#CCOc1ccccc1NC(=O)N1CCC(C(=O)O)C1. The molecule has 0 saturated carbocycles. The molecule has 0 bridgehead atoms. The van der Waals surface area contributed by atoms with Crippen molar-refractivity contribution in [2.45, 2.75) is 6.42 Å². The molecule has 2 N–H and O–H groups in total. The average molecular weight is 288 g/mol. The van der Waals surface area contributed by atoms with E-state index in [4.69, 9.17) is 16.3 Å². The Balaban J connectivity index is 2.00. The summed E-state index contributed by atoms with van der Waals surface area (Å²) in [5, 5.41) is 11.7. The van der Waals surface area contributed by atoms with Crippen LogP contribution in [0.25, 0.3) is 0 Å². The maximum atomic E-state index is 12.1. The first kappa shape index (κ1) is 14.7. The Bertz CT molecular complexity index is 579. The minimum absolute atomic E-state index is 0.109. The fraction of sp³-hybridized carbons (Fsp3) is 0.333. The summed E-state index contributed by atoms with van der Waals surface area (Å²) in [6.07, 6.45) is 5.61. The van der Waals surface area contributed by atoms with Gasteiger partial charge in [-0.05, 0) is 18.6 Å². The number of hydrogen-bond acceptors (Lipinski definition) is 3. The van der Waals surface area contributed by atoms with E-state index in [1.54, 1.807) is 24.3 Å². The molecule has 0 spiro atoms. The number of amides is 2. The highest BCUT2D eigenvalue weighted by molar-refractivity contribution is 5.91. The highest BCUT2D eigenvalue weighted by Gasteiger charge is 2.31. The van der Waals surface area contributed by atoms with Gasteiger partial charge in [-0.25, -0.2) is 4.79 Å². The zero-order valence-corrected chi connectivity index (χ0v) is 11.4. The number of carbonyl (C=O) groups excluding carboxylic acids is 1. The van der Waals surface area contributed by atoms with Crippen LogP contribution in [0, 0.1) is 18.3 Å². The van der Waals surface area contributed by atoms with Gasteiger partial charge >= 0.3 is 12.0 Å². The smallest absolute Gasteiger partial charge is 0.321 e. The van der Waals surface area contributed by atoms with Gasteiger partial charge in [0.15, 0.2) is 0 Å². The van der Waals surface area contributed by atoms with E-state index < -0.39 is 11.9 Å². The third-order valence-corrected chi connectivity index (χ3v) is 3.26. The molecule has 2 amide bonds. The van der Waals surface area contributed by atoms with Crippen molar-refractivity contribution in [1.82, 2.24) is 4.90 Å². The van der Waals surface area contributed by atoms with Crippen LogP contribution in [0.3, 0.4) is 0 Å². The van der Waals surface area contributed by atoms with Gasteiger partial charge in [-0.1, -0.05) is 18.1 Å². The van der Waals surface area contributed by atoms with E-state index in [0.717, 1.165) is 0 Å². The van der Waals surface area contributed by atoms with Crippen LogP contribution in [0.1, 0.15) is 6.42 Å². The number of likely N-dealkylation sites (tertiary alicyclic amines) is 1. The van der Waals surface area contributed by atoms with Crippen LogP contribution < -0.4 is 10.1 Å². The zero-order valence-electron chi connectivity index (χ0n) is 11.4. The zero-order chi connectivity index (χ0) is 15.2. The first-order chi connectivity index (χ1) is 10.1. The number of ether oxygens (including phenoxy) is 1. The highest BCUT2D eigenvalue weighted by Crippen LogP contribution is 2.25. The molecule has 6 nitrogen and oxygen atoms in total. The molecular formula is C15H16N2O4. The van der Waals surface area contributed by atoms with Crippen LogP contribution in [0.4, 0.5) is 10.5 Å². The predicted octanol–water partition coefficient (Wildman–Crippen LogP) is 1.64. The average Bonchev–Trinajstić information content (AvgIpc) is 2.96. The van der Waals surface area contributed by atoms with E-state index in [2.05, 4.69) is 11.2 Å². The van der Waals surface area contributed by atoms with Crippen molar-refractivity contribution in [2.24, 2.45) is 5.92 Å². The van der Waals surface area contributed by atoms with Gasteiger partial charge < -0.3 is 20.1 Å². The number of carboxylic acids is 1. The first-order valence-electron chi connectivity index (χ1n) is 6.56. The van der Waals surface area contributed by atoms with E-state index in [9.17, 15) is 9.59 Å². The lowest BCUT2D eigenvalue weighted by molar-refractivity contribution is -0.141. The van der Waals surface area contributed by atoms with Crippen LogP contribution in [-0.2, 0) is 4.79 Å². The lowest BCUT2D eigenvalue weighted by Gasteiger charge is -2.18. The third-order valence-electron chi connectivity index (χ3n) is 3.26. The number of benzene rings is 1. The first-order valence-corrected chi connectivity index (χ1v) is 6.56. The molecule has 1 aliphatic heterocycles. The number of para-hydroxylation sites is 2. The normalized spacial score (nSPS) is 17.1. The maximum absolute atomic E-state index is 12.1. The molecule has 0 aliphatic carbocycles. The molecule has 2 rings (SSSR count). The number of anilines is 1. The largest absolute Gasteiger partial charge is 0.481 e. The Morgan fingerprint density at radius 2 is 2.24 bits per heavy atom. The molecular weight excluding hydrogens is 272 g/mol. The van der Waals surface area contributed by atoms with Crippen molar-refractivity contribution in [1.29, 1.82) is 0 Å². The summed E-state index contributed by atoms with van der Waals surface area (Å²) in [6, 6.07) is 6.61. The molecule has 110 valence electrons. The summed E-state index contributed by atoms with van der Waals surface area (Å²) in [4.78, 5) is 24.5. The summed E-state index contributed by atoms with van der Waals surface area (Å²) in [5.74, 6) is 1.47. The van der Waals surface area contributed by atoms with Gasteiger partial charge in [0, 0.05) is 13.1 Å². The standard InChI is InChI=1S/C15H16N2O4/c1-2-9-21-13-6-4-3-5-12(13)16-15(20)17-8-7-11(10-17)14(18)19/h1,3-6,11H,7-10H2,(H,16,20)(H,18,19). The predicted molar refractivity (Wildman–Crippen MR) is 77.1 cm³/mol.